The summed E-state index contributed by atoms with van der Waals surface area (Å²) < 4.78 is 0. The number of nitrogens with zero attached hydrogens (tertiary/aromatic N) is 1. The number of halogens is 2. The summed E-state index contributed by atoms with van der Waals surface area (Å²) in [6.45, 7) is 2.24. The van der Waals surface area contributed by atoms with Gasteiger partial charge in [-0.25, -0.2) is 9.78 Å². The maximum absolute atomic E-state index is 12.0. The van der Waals surface area contributed by atoms with Crippen LogP contribution in [0.5, 0.6) is 0 Å². The zero-order valence-electron chi connectivity index (χ0n) is 12.0. The van der Waals surface area contributed by atoms with Crippen LogP contribution >= 0.6 is 34.5 Å². The monoisotopic (exact) mass is 355 g/mol. The van der Waals surface area contributed by atoms with Gasteiger partial charge in [0.2, 0.25) is 0 Å². The summed E-state index contributed by atoms with van der Waals surface area (Å²) in [6, 6.07) is 4.57. The van der Waals surface area contributed by atoms with Crippen molar-refractivity contribution in [2.45, 2.75) is 26.2 Å². The minimum absolute atomic E-state index is 0.358. The van der Waals surface area contributed by atoms with Crippen molar-refractivity contribution >= 4 is 51.4 Å². The molecule has 0 aliphatic heterocycles. The number of amides is 2. The van der Waals surface area contributed by atoms with Crippen LogP contribution in [-0.2, 0) is 12.8 Å². The van der Waals surface area contributed by atoms with Gasteiger partial charge in [-0.1, -0.05) is 30.1 Å². The van der Waals surface area contributed by atoms with Gasteiger partial charge in [0, 0.05) is 9.90 Å². The molecular weight excluding hydrogens is 341 g/mol. The largest absolute Gasteiger partial charge is 0.325 e. The Labute approximate surface area is 142 Å². The number of thiazole rings is 1. The van der Waals surface area contributed by atoms with Crippen LogP contribution in [0.25, 0.3) is 0 Å². The van der Waals surface area contributed by atoms with Gasteiger partial charge in [-0.05, 0) is 43.4 Å². The first-order valence-corrected chi connectivity index (χ1v) is 8.60. The Morgan fingerprint density at radius 1 is 1.36 bits per heavy atom. The van der Waals surface area contributed by atoms with E-state index < -0.39 is 0 Å². The Morgan fingerprint density at radius 3 is 2.95 bits per heavy atom. The van der Waals surface area contributed by atoms with Gasteiger partial charge in [0.25, 0.3) is 0 Å². The van der Waals surface area contributed by atoms with Gasteiger partial charge in [0.15, 0.2) is 5.13 Å². The Hall–Kier alpha value is -1.30. The summed E-state index contributed by atoms with van der Waals surface area (Å²) in [5.74, 6) is 0.683. The standard InChI is InChI=1S/C15H15Cl2N3OS/c1-8-2-4-12-13(6-8)22-15(19-12)20-14(21)18-11-5-3-9(16)7-10(11)17/h3,5,7-8H,2,4,6H2,1H3,(H2,18,19,20,21)/t8-/m1/s1. The molecule has 2 amide bonds. The molecule has 1 aliphatic carbocycles. The van der Waals surface area contributed by atoms with Crippen LogP contribution in [0.1, 0.15) is 23.9 Å². The number of rotatable bonds is 2. The summed E-state index contributed by atoms with van der Waals surface area (Å²) >= 11 is 13.4. The zero-order chi connectivity index (χ0) is 15.7. The van der Waals surface area contributed by atoms with Gasteiger partial charge in [-0.15, -0.1) is 11.3 Å². The van der Waals surface area contributed by atoms with Crippen molar-refractivity contribution in [1.29, 1.82) is 0 Å². The molecular formula is C15H15Cl2N3OS. The molecule has 1 aromatic carbocycles. The number of aromatic nitrogens is 1. The van der Waals surface area contributed by atoms with Crippen molar-refractivity contribution < 1.29 is 4.79 Å². The lowest BCUT2D eigenvalue weighted by atomic mass is 9.93. The highest BCUT2D eigenvalue weighted by Gasteiger charge is 2.20. The van der Waals surface area contributed by atoms with E-state index in [2.05, 4.69) is 22.5 Å². The molecule has 0 radical (unpaired) electrons. The van der Waals surface area contributed by atoms with E-state index in [-0.39, 0.29) is 6.03 Å². The van der Waals surface area contributed by atoms with E-state index in [0.717, 1.165) is 25.0 Å². The smallest absolute Gasteiger partial charge is 0.306 e. The van der Waals surface area contributed by atoms with Crippen molar-refractivity contribution in [3.05, 3.63) is 38.8 Å². The van der Waals surface area contributed by atoms with Crippen molar-refractivity contribution in [3.63, 3.8) is 0 Å². The lowest BCUT2D eigenvalue weighted by Gasteiger charge is -2.15. The summed E-state index contributed by atoms with van der Waals surface area (Å²) in [5, 5.41) is 7.02. The molecule has 2 aromatic rings. The minimum Gasteiger partial charge on any atom is -0.306 e. The van der Waals surface area contributed by atoms with Gasteiger partial charge in [0.05, 0.1) is 16.4 Å². The van der Waals surface area contributed by atoms with E-state index in [1.807, 2.05) is 0 Å². The number of hydrogen-bond acceptors (Lipinski definition) is 3. The zero-order valence-corrected chi connectivity index (χ0v) is 14.3. The summed E-state index contributed by atoms with van der Waals surface area (Å²) in [7, 11) is 0. The van der Waals surface area contributed by atoms with Crippen molar-refractivity contribution in [2.75, 3.05) is 10.6 Å². The third-order valence-electron chi connectivity index (χ3n) is 3.59. The van der Waals surface area contributed by atoms with Crippen LogP contribution in [0.4, 0.5) is 15.6 Å². The van der Waals surface area contributed by atoms with Crippen LogP contribution in [0, 0.1) is 5.92 Å². The first-order chi connectivity index (χ1) is 10.5. The third-order valence-corrected chi connectivity index (χ3v) is 5.17. The normalized spacial score (nSPS) is 17.0. The van der Waals surface area contributed by atoms with Gasteiger partial charge >= 0.3 is 6.03 Å². The molecule has 0 bridgehead atoms. The van der Waals surface area contributed by atoms with Crippen LogP contribution in [0.15, 0.2) is 18.2 Å². The third kappa shape index (κ3) is 3.54. The van der Waals surface area contributed by atoms with E-state index >= 15 is 0 Å². The van der Waals surface area contributed by atoms with Crippen molar-refractivity contribution in [2.24, 2.45) is 5.92 Å². The van der Waals surface area contributed by atoms with E-state index in [1.165, 1.54) is 4.88 Å². The fraction of sp³-hybridized carbons (Fsp3) is 0.333. The Kier molecular flexibility index (Phi) is 4.57. The second-order valence-electron chi connectivity index (χ2n) is 5.44. The minimum atomic E-state index is -0.358. The molecule has 116 valence electrons. The molecule has 0 unspecified atom stereocenters. The maximum Gasteiger partial charge on any atom is 0.325 e. The van der Waals surface area contributed by atoms with E-state index in [4.69, 9.17) is 23.2 Å². The number of urea groups is 1. The molecule has 1 heterocycles. The second-order valence-corrected chi connectivity index (χ2v) is 7.37. The number of nitrogens with one attached hydrogen (secondary N) is 2. The van der Waals surface area contributed by atoms with Crippen LogP contribution in [0.3, 0.4) is 0 Å². The van der Waals surface area contributed by atoms with Crippen LogP contribution in [0.2, 0.25) is 10.0 Å². The highest BCUT2D eigenvalue weighted by Crippen LogP contribution is 2.32. The number of fused-ring (bicyclic) bond motifs is 1. The highest BCUT2D eigenvalue weighted by atomic mass is 35.5. The molecule has 0 spiro atoms. The predicted molar refractivity (Wildman–Crippen MR) is 92.4 cm³/mol. The number of benzene rings is 1. The Balaban J connectivity index is 1.67. The topological polar surface area (TPSA) is 54.0 Å². The predicted octanol–water partition coefficient (Wildman–Crippen LogP) is 5.22. The van der Waals surface area contributed by atoms with E-state index in [9.17, 15) is 4.79 Å². The highest BCUT2D eigenvalue weighted by molar-refractivity contribution is 7.15. The quantitative estimate of drug-likeness (QED) is 0.775. The molecule has 7 heteroatoms. The number of aryl methyl sites for hydroxylation is 1. The molecule has 1 aliphatic rings. The Morgan fingerprint density at radius 2 is 2.18 bits per heavy atom. The van der Waals surface area contributed by atoms with Gasteiger partial charge in [0.1, 0.15) is 0 Å². The molecule has 2 N–H and O–H groups in total. The average Bonchev–Trinajstić information content (AvgIpc) is 2.83. The van der Waals surface area contributed by atoms with E-state index in [0.29, 0.717) is 26.8 Å². The number of hydrogen-bond donors (Lipinski definition) is 2. The van der Waals surface area contributed by atoms with Gasteiger partial charge in [-0.3, -0.25) is 5.32 Å². The summed E-state index contributed by atoms with van der Waals surface area (Å²) in [5.41, 5.74) is 1.63. The molecule has 22 heavy (non-hydrogen) atoms. The van der Waals surface area contributed by atoms with Crippen LogP contribution < -0.4 is 10.6 Å². The molecule has 0 saturated heterocycles. The van der Waals surface area contributed by atoms with Gasteiger partial charge < -0.3 is 5.32 Å². The second kappa shape index (κ2) is 6.44. The van der Waals surface area contributed by atoms with Crippen molar-refractivity contribution in [1.82, 2.24) is 4.98 Å². The van der Waals surface area contributed by atoms with E-state index in [1.54, 1.807) is 29.5 Å². The SMILES string of the molecule is C[C@@H]1CCc2nc(NC(=O)Nc3ccc(Cl)cc3Cl)sc2C1. The fourth-order valence-corrected chi connectivity index (χ4v) is 4.06. The molecule has 1 aromatic heterocycles. The first kappa shape index (κ1) is 15.6. The lowest BCUT2D eigenvalue weighted by molar-refractivity contribution is 0.262. The van der Waals surface area contributed by atoms with Crippen LogP contribution in [-0.4, -0.2) is 11.0 Å². The molecule has 3 rings (SSSR count). The maximum atomic E-state index is 12.0. The first-order valence-electron chi connectivity index (χ1n) is 7.03. The molecule has 0 fully saturated rings. The summed E-state index contributed by atoms with van der Waals surface area (Å²) in [6.07, 6.45) is 3.18. The average molecular weight is 356 g/mol. The van der Waals surface area contributed by atoms with Crippen molar-refractivity contribution in [3.8, 4) is 0 Å². The lowest BCUT2D eigenvalue weighted by Crippen LogP contribution is -2.19. The van der Waals surface area contributed by atoms with Gasteiger partial charge in [-0.2, -0.15) is 0 Å². The summed E-state index contributed by atoms with van der Waals surface area (Å²) in [4.78, 5) is 17.8. The number of carbonyl (C=O) groups excluding carboxylic acids is 1. The number of carbonyl (C=O) groups is 1. The fourth-order valence-electron chi connectivity index (χ4n) is 2.43. The molecule has 1 atom stereocenters. The molecule has 0 saturated carbocycles. The Bertz CT molecular complexity index is 717. The number of anilines is 2. The molecule has 4 nitrogen and oxygen atoms in total.